The first kappa shape index (κ1) is 13.1. The summed E-state index contributed by atoms with van der Waals surface area (Å²) < 4.78 is 0. The van der Waals surface area contributed by atoms with Crippen LogP contribution in [0.4, 0.5) is 0 Å². The van der Waals surface area contributed by atoms with E-state index in [1.165, 1.54) is 18.4 Å². The zero-order valence-electron chi connectivity index (χ0n) is 8.30. The zero-order valence-corrected chi connectivity index (χ0v) is 10.6. The molecule has 1 aliphatic heterocycles. The van der Waals surface area contributed by atoms with Crippen molar-refractivity contribution in [2.24, 2.45) is 0 Å². The van der Waals surface area contributed by atoms with Crippen molar-refractivity contribution in [2.75, 3.05) is 13.1 Å². The number of hydrogen-bond donors (Lipinski definition) is 1. The van der Waals surface area contributed by atoms with Crippen LogP contribution in [0.1, 0.15) is 24.3 Å². The highest BCUT2D eigenvalue weighted by atomic mass is 35.5. The van der Waals surface area contributed by atoms with Gasteiger partial charge >= 0.3 is 0 Å². The molecule has 1 atom stereocenters. The molecule has 15 heavy (non-hydrogen) atoms. The lowest BCUT2D eigenvalue weighted by Gasteiger charge is -2.23. The van der Waals surface area contributed by atoms with Gasteiger partial charge < -0.3 is 5.32 Å². The minimum absolute atomic E-state index is 0. The molecule has 1 heterocycles. The van der Waals surface area contributed by atoms with Gasteiger partial charge in [-0.1, -0.05) is 29.3 Å². The Morgan fingerprint density at radius 1 is 1.20 bits per heavy atom. The highest BCUT2D eigenvalue weighted by molar-refractivity contribution is 6.42. The van der Waals surface area contributed by atoms with E-state index in [4.69, 9.17) is 23.2 Å². The molecule has 1 aromatic carbocycles. The lowest BCUT2D eigenvalue weighted by atomic mass is 9.92. The number of halogens is 3. The van der Waals surface area contributed by atoms with Crippen molar-refractivity contribution in [3.05, 3.63) is 33.8 Å². The fraction of sp³-hybridized carbons (Fsp3) is 0.455. The van der Waals surface area contributed by atoms with E-state index >= 15 is 0 Å². The predicted molar refractivity (Wildman–Crippen MR) is 68.6 cm³/mol. The van der Waals surface area contributed by atoms with Gasteiger partial charge in [-0.2, -0.15) is 0 Å². The Kier molecular flexibility index (Phi) is 5.20. The molecular formula is C11H14Cl3N. The van der Waals surface area contributed by atoms with E-state index in [0.717, 1.165) is 13.1 Å². The summed E-state index contributed by atoms with van der Waals surface area (Å²) in [5.74, 6) is 0.596. The number of nitrogens with one attached hydrogen (secondary N) is 1. The maximum Gasteiger partial charge on any atom is 0.0595 e. The Balaban J connectivity index is 0.00000112. The number of piperidine rings is 1. The third-order valence-corrected chi connectivity index (χ3v) is 3.45. The van der Waals surface area contributed by atoms with Crippen LogP contribution in [0.25, 0.3) is 0 Å². The molecule has 1 saturated heterocycles. The molecule has 0 aromatic heterocycles. The summed E-state index contributed by atoms with van der Waals surface area (Å²) in [6.07, 6.45) is 2.48. The summed E-state index contributed by atoms with van der Waals surface area (Å²) in [5, 5.41) is 4.69. The van der Waals surface area contributed by atoms with Crippen molar-refractivity contribution in [2.45, 2.75) is 18.8 Å². The standard InChI is InChI=1S/C11H13Cl2N.ClH/c12-10-4-3-8(6-11(10)13)9-2-1-5-14-7-9;/h3-4,6,9,14H,1-2,5,7H2;1H. The molecule has 0 aliphatic carbocycles. The van der Waals surface area contributed by atoms with E-state index in [9.17, 15) is 0 Å². The second-order valence-electron chi connectivity index (χ2n) is 3.72. The molecule has 0 bridgehead atoms. The van der Waals surface area contributed by atoms with Gasteiger partial charge in [0.05, 0.1) is 10.0 Å². The first-order chi connectivity index (χ1) is 6.77. The van der Waals surface area contributed by atoms with E-state index < -0.39 is 0 Å². The summed E-state index contributed by atoms with van der Waals surface area (Å²) in [5.41, 5.74) is 1.30. The van der Waals surface area contributed by atoms with Crippen molar-refractivity contribution in [1.29, 1.82) is 0 Å². The molecule has 1 fully saturated rings. The summed E-state index contributed by atoms with van der Waals surface area (Å²) in [6, 6.07) is 5.95. The Morgan fingerprint density at radius 3 is 2.60 bits per heavy atom. The summed E-state index contributed by atoms with van der Waals surface area (Å²) in [6.45, 7) is 2.19. The second-order valence-corrected chi connectivity index (χ2v) is 4.53. The Labute approximate surface area is 107 Å². The number of hydrogen-bond acceptors (Lipinski definition) is 1. The van der Waals surface area contributed by atoms with Gasteiger partial charge in [-0.15, -0.1) is 12.4 Å². The summed E-state index contributed by atoms with van der Waals surface area (Å²) >= 11 is 11.9. The minimum atomic E-state index is 0. The van der Waals surface area contributed by atoms with Crippen LogP contribution >= 0.6 is 35.6 Å². The molecule has 0 saturated carbocycles. The fourth-order valence-corrected chi connectivity index (χ4v) is 2.21. The van der Waals surface area contributed by atoms with Gasteiger partial charge in [0, 0.05) is 6.54 Å². The highest BCUT2D eigenvalue weighted by Gasteiger charge is 2.15. The third kappa shape index (κ3) is 3.25. The Hall–Kier alpha value is 0.0500. The van der Waals surface area contributed by atoms with Gasteiger partial charge in [0.15, 0.2) is 0 Å². The van der Waals surface area contributed by atoms with Crippen molar-refractivity contribution in [3.8, 4) is 0 Å². The van der Waals surface area contributed by atoms with Gasteiger partial charge in [-0.05, 0) is 43.0 Å². The SMILES string of the molecule is Cl.Clc1ccc(C2CCCNC2)cc1Cl. The molecule has 84 valence electrons. The van der Waals surface area contributed by atoms with Crippen LogP contribution in [0.5, 0.6) is 0 Å². The molecule has 1 aromatic rings. The van der Waals surface area contributed by atoms with Crippen LogP contribution in [0.2, 0.25) is 10.0 Å². The fourth-order valence-electron chi connectivity index (χ4n) is 1.90. The Morgan fingerprint density at radius 2 is 2.00 bits per heavy atom. The van der Waals surface area contributed by atoms with E-state index in [0.29, 0.717) is 16.0 Å². The normalized spacial score (nSPS) is 20.8. The van der Waals surface area contributed by atoms with Gasteiger partial charge in [0.2, 0.25) is 0 Å². The molecule has 1 nitrogen and oxygen atoms in total. The average molecular weight is 267 g/mol. The lowest BCUT2D eigenvalue weighted by molar-refractivity contribution is 0.461. The average Bonchev–Trinajstić information content (AvgIpc) is 2.23. The number of benzene rings is 1. The van der Waals surface area contributed by atoms with Crippen molar-refractivity contribution in [1.82, 2.24) is 5.32 Å². The van der Waals surface area contributed by atoms with Crippen LogP contribution in [-0.2, 0) is 0 Å². The van der Waals surface area contributed by atoms with Gasteiger partial charge in [-0.25, -0.2) is 0 Å². The number of rotatable bonds is 1. The molecular weight excluding hydrogens is 252 g/mol. The van der Waals surface area contributed by atoms with Crippen molar-refractivity contribution < 1.29 is 0 Å². The molecule has 2 rings (SSSR count). The van der Waals surface area contributed by atoms with Crippen LogP contribution in [0.3, 0.4) is 0 Å². The van der Waals surface area contributed by atoms with Crippen LogP contribution in [0, 0.1) is 0 Å². The minimum Gasteiger partial charge on any atom is -0.316 e. The molecule has 0 spiro atoms. The molecule has 1 N–H and O–H groups in total. The van der Waals surface area contributed by atoms with Gasteiger partial charge in [0.25, 0.3) is 0 Å². The Bertz CT molecular complexity index is 322. The second kappa shape index (κ2) is 5.95. The van der Waals surface area contributed by atoms with Gasteiger partial charge in [-0.3, -0.25) is 0 Å². The monoisotopic (exact) mass is 265 g/mol. The predicted octanol–water partition coefficient (Wildman–Crippen LogP) is 3.88. The van der Waals surface area contributed by atoms with Gasteiger partial charge in [0.1, 0.15) is 0 Å². The summed E-state index contributed by atoms with van der Waals surface area (Å²) in [7, 11) is 0. The molecule has 1 aliphatic rings. The van der Waals surface area contributed by atoms with Crippen LogP contribution in [0.15, 0.2) is 18.2 Å². The van der Waals surface area contributed by atoms with E-state index in [1.807, 2.05) is 12.1 Å². The largest absolute Gasteiger partial charge is 0.316 e. The first-order valence-electron chi connectivity index (χ1n) is 4.93. The van der Waals surface area contributed by atoms with E-state index in [-0.39, 0.29) is 12.4 Å². The smallest absolute Gasteiger partial charge is 0.0595 e. The first-order valence-corrected chi connectivity index (χ1v) is 5.68. The van der Waals surface area contributed by atoms with E-state index in [1.54, 1.807) is 0 Å². The lowest BCUT2D eigenvalue weighted by Crippen LogP contribution is -2.28. The molecule has 0 amide bonds. The van der Waals surface area contributed by atoms with Crippen molar-refractivity contribution >= 4 is 35.6 Å². The highest BCUT2D eigenvalue weighted by Crippen LogP contribution is 2.29. The topological polar surface area (TPSA) is 12.0 Å². The van der Waals surface area contributed by atoms with E-state index in [2.05, 4.69) is 11.4 Å². The maximum atomic E-state index is 5.98. The molecule has 4 heteroatoms. The zero-order chi connectivity index (χ0) is 9.97. The van der Waals surface area contributed by atoms with Crippen LogP contribution in [-0.4, -0.2) is 13.1 Å². The molecule has 0 radical (unpaired) electrons. The maximum absolute atomic E-state index is 5.98. The van der Waals surface area contributed by atoms with Crippen LogP contribution < -0.4 is 5.32 Å². The van der Waals surface area contributed by atoms with Crippen molar-refractivity contribution in [3.63, 3.8) is 0 Å². The third-order valence-electron chi connectivity index (χ3n) is 2.71. The summed E-state index contributed by atoms with van der Waals surface area (Å²) in [4.78, 5) is 0. The quantitative estimate of drug-likeness (QED) is 0.813. The molecule has 1 unspecified atom stereocenters.